The molecule has 194 valence electrons. The fraction of sp³-hybridized carbons (Fsp3) is 0.267. The van der Waals surface area contributed by atoms with Crippen LogP contribution >= 0.6 is 11.3 Å². The van der Waals surface area contributed by atoms with Gasteiger partial charge >= 0.3 is 5.97 Å². The van der Waals surface area contributed by atoms with Crippen molar-refractivity contribution in [3.8, 4) is 11.5 Å². The molecule has 1 atom stereocenters. The monoisotopic (exact) mass is 527 g/mol. The Bertz CT molecular complexity index is 1560. The van der Waals surface area contributed by atoms with Gasteiger partial charge in [-0.05, 0) is 60.4 Å². The van der Waals surface area contributed by atoms with Gasteiger partial charge in [0.1, 0.15) is 11.2 Å². The topological polar surface area (TPSA) is 79.9 Å². The standard InChI is InChI=1S/C30H29N3O4S/c1-17(2)33-14-13-22-25(16-33)38-29-26(22)28(34)31-27(32-29)19-11-12-23(24(15-19)36-3)37-30(35)21-10-6-8-18-7-4-5-9-20(18)21/h4-12,15,17,27,32H,13-14,16H2,1-3H3,(H,31,34)/t27-/m0/s1. The predicted octanol–water partition coefficient (Wildman–Crippen LogP) is 5.75. The van der Waals surface area contributed by atoms with Gasteiger partial charge in [0.25, 0.3) is 5.91 Å². The summed E-state index contributed by atoms with van der Waals surface area (Å²) in [7, 11) is 1.53. The molecule has 0 unspecified atom stereocenters. The minimum atomic E-state index is -0.457. The van der Waals surface area contributed by atoms with Crippen LogP contribution in [0.2, 0.25) is 0 Å². The number of anilines is 1. The van der Waals surface area contributed by atoms with E-state index < -0.39 is 12.1 Å². The van der Waals surface area contributed by atoms with E-state index in [2.05, 4.69) is 29.4 Å². The molecule has 0 fully saturated rings. The van der Waals surface area contributed by atoms with Crippen LogP contribution in [0.15, 0.2) is 60.7 Å². The molecule has 0 saturated carbocycles. The Morgan fingerprint density at radius 1 is 1.05 bits per heavy atom. The molecule has 2 N–H and O–H groups in total. The number of ether oxygens (including phenoxy) is 2. The third-order valence-corrected chi connectivity index (χ3v) is 8.48. The van der Waals surface area contributed by atoms with E-state index >= 15 is 0 Å². The SMILES string of the molecule is COc1cc([C@H]2NC(=O)c3c(sc4c3CCN(C(C)C)C4)N2)ccc1OC(=O)c1cccc2ccccc12. The van der Waals surface area contributed by atoms with Gasteiger partial charge in [-0.15, -0.1) is 11.3 Å². The van der Waals surface area contributed by atoms with E-state index in [1.54, 1.807) is 29.5 Å². The molecule has 3 aromatic carbocycles. The van der Waals surface area contributed by atoms with Crippen molar-refractivity contribution in [3.05, 3.63) is 87.8 Å². The van der Waals surface area contributed by atoms with E-state index in [1.165, 1.54) is 17.6 Å². The number of hydrogen-bond donors (Lipinski definition) is 2. The van der Waals surface area contributed by atoms with Crippen molar-refractivity contribution in [2.45, 2.75) is 39.0 Å². The van der Waals surface area contributed by atoms with E-state index in [4.69, 9.17) is 9.47 Å². The maximum Gasteiger partial charge on any atom is 0.344 e. The molecule has 0 radical (unpaired) electrons. The molecule has 1 amide bonds. The fourth-order valence-electron chi connectivity index (χ4n) is 5.25. The second-order valence-electron chi connectivity index (χ2n) is 9.90. The van der Waals surface area contributed by atoms with Crippen LogP contribution in [0.1, 0.15) is 56.7 Å². The van der Waals surface area contributed by atoms with Crippen LogP contribution in [-0.4, -0.2) is 36.5 Å². The minimum absolute atomic E-state index is 0.0651. The highest BCUT2D eigenvalue weighted by molar-refractivity contribution is 7.16. The first-order chi connectivity index (χ1) is 18.4. The maximum absolute atomic E-state index is 13.2. The highest BCUT2D eigenvalue weighted by Gasteiger charge is 2.34. The first kappa shape index (κ1) is 24.5. The molecule has 7 nitrogen and oxygen atoms in total. The van der Waals surface area contributed by atoms with Gasteiger partial charge in [-0.1, -0.05) is 42.5 Å². The molecule has 8 heteroatoms. The summed E-state index contributed by atoms with van der Waals surface area (Å²) < 4.78 is 11.3. The maximum atomic E-state index is 13.2. The zero-order valence-electron chi connectivity index (χ0n) is 21.5. The zero-order valence-corrected chi connectivity index (χ0v) is 22.4. The zero-order chi connectivity index (χ0) is 26.4. The summed E-state index contributed by atoms with van der Waals surface area (Å²) in [6.45, 7) is 6.24. The van der Waals surface area contributed by atoms with Crippen molar-refractivity contribution < 1.29 is 19.1 Å². The predicted molar refractivity (Wildman–Crippen MR) is 149 cm³/mol. The number of hydrogen-bond acceptors (Lipinski definition) is 7. The summed E-state index contributed by atoms with van der Waals surface area (Å²) in [5.74, 6) is 0.208. The van der Waals surface area contributed by atoms with Gasteiger partial charge in [-0.2, -0.15) is 0 Å². The van der Waals surface area contributed by atoms with Crippen molar-refractivity contribution >= 4 is 39.0 Å². The first-order valence-corrected chi connectivity index (χ1v) is 13.6. The van der Waals surface area contributed by atoms with Crippen LogP contribution < -0.4 is 20.1 Å². The molecular weight excluding hydrogens is 498 g/mol. The van der Waals surface area contributed by atoms with Gasteiger partial charge < -0.3 is 20.1 Å². The Hall–Kier alpha value is -3.88. The fourth-order valence-corrected chi connectivity index (χ4v) is 6.55. The second-order valence-corrected chi connectivity index (χ2v) is 11.0. The summed E-state index contributed by atoms with van der Waals surface area (Å²) in [6, 6.07) is 19.1. The average Bonchev–Trinajstić information content (AvgIpc) is 3.31. The molecule has 6 rings (SSSR count). The summed E-state index contributed by atoms with van der Waals surface area (Å²) >= 11 is 1.67. The Kier molecular flexibility index (Phi) is 6.29. The number of benzene rings is 3. The Morgan fingerprint density at radius 3 is 2.68 bits per heavy atom. The van der Waals surface area contributed by atoms with Gasteiger partial charge in [-0.3, -0.25) is 9.69 Å². The lowest BCUT2D eigenvalue weighted by atomic mass is 9.99. The Labute approximate surface area is 225 Å². The third-order valence-electron chi connectivity index (χ3n) is 7.33. The smallest absolute Gasteiger partial charge is 0.344 e. The van der Waals surface area contributed by atoms with Gasteiger partial charge in [0, 0.05) is 24.0 Å². The molecule has 3 heterocycles. The lowest BCUT2D eigenvalue weighted by Crippen LogP contribution is -2.39. The molecular formula is C30H29N3O4S. The van der Waals surface area contributed by atoms with Crippen molar-refractivity contribution in [2.75, 3.05) is 19.0 Å². The van der Waals surface area contributed by atoms with Gasteiger partial charge in [0.2, 0.25) is 0 Å². The molecule has 0 aliphatic carbocycles. The van der Waals surface area contributed by atoms with Crippen LogP contribution in [0.25, 0.3) is 10.8 Å². The third kappa shape index (κ3) is 4.29. The molecule has 0 saturated heterocycles. The summed E-state index contributed by atoms with van der Waals surface area (Å²) in [5, 5.41) is 9.30. The summed E-state index contributed by atoms with van der Waals surface area (Å²) in [5.41, 5.74) is 3.23. The number of thiophene rings is 1. The average molecular weight is 528 g/mol. The Balaban J connectivity index is 1.24. The molecule has 38 heavy (non-hydrogen) atoms. The summed E-state index contributed by atoms with van der Waals surface area (Å²) in [6.07, 6.45) is 0.456. The van der Waals surface area contributed by atoms with Crippen molar-refractivity contribution in [1.82, 2.24) is 10.2 Å². The largest absolute Gasteiger partial charge is 0.493 e. The number of rotatable bonds is 5. The normalized spacial score (nSPS) is 16.9. The molecule has 0 spiro atoms. The number of carbonyl (C=O) groups excluding carboxylic acids is 2. The number of esters is 1. The van der Waals surface area contributed by atoms with Crippen LogP contribution in [0, 0.1) is 0 Å². The van der Waals surface area contributed by atoms with Crippen LogP contribution in [-0.2, 0) is 13.0 Å². The van der Waals surface area contributed by atoms with Crippen molar-refractivity contribution in [3.63, 3.8) is 0 Å². The van der Waals surface area contributed by atoms with Crippen molar-refractivity contribution in [1.29, 1.82) is 0 Å². The quantitative estimate of drug-likeness (QED) is 0.254. The number of carbonyl (C=O) groups is 2. The van der Waals surface area contributed by atoms with Crippen molar-refractivity contribution in [2.24, 2.45) is 0 Å². The van der Waals surface area contributed by atoms with Gasteiger partial charge in [0.05, 0.1) is 18.2 Å². The van der Waals surface area contributed by atoms with Crippen LogP contribution in [0.4, 0.5) is 5.00 Å². The van der Waals surface area contributed by atoms with Gasteiger partial charge in [0.15, 0.2) is 11.5 Å². The number of methoxy groups -OCH3 is 1. The lowest BCUT2D eigenvalue weighted by Gasteiger charge is -2.31. The van der Waals surface area contributed by atoms with E-state index in [0.717, 1.165) is 46.4 Å². The Morgan fingerprint density at radius 2 is 1.87 bits per heavy atom. The number of amides is 1. The highest BCUT2D eigenvalue weighted by atomic mass is 32.1. The summed E-state index contributed by atoms with van der Waals surface area (Å²) in [4.78, 5) is 30.0. The minimum Gasteiger partial charge on any atom is -0.493 e. The molecule has 4 aromatic rings. The molecule has 2 aliphatic heterocycles. The first-order valence-electron chi connectivity index (χ1n) is 12.8. The van der Waals surface area contributed by atoms with E-state index in [-0.39, 0.29) is 5.91 Å². The molecule has 2 aliphatic rings. The van der Waals surface area contributed by atoms with Crippen LogP contribution in [0.5, 0.6) is 11.5 Å². The molecule has 0 bridgehead atoms. The number of nitrogens with one attached hydrogen (secondary N) is 2. The number of fused-ring (bicyclic) bond motifs is 4. The molecule has 1 aromatic heterocycles. The van der Waals surface area contributed by atoms with Crippen LogP contribution in [0.3, 0.4) is 0 Å². The van der Waals surface area contributed by atoms with E-state index in [1.807, 2.05) is 42.5 Å². The van der Waals surface area contributed by atoms with E-state index in [0.29, 0.717) is 23.1 Å². The van der Waals surface area contributed by atoms with Gasteiger partial charge in [-0.25, -0.2) is 4.79 Å². The second kappa shape index (κ2) is 9.78. The number of nitrogens with zero attached hydrogens (tertiary/aromatic N) is 1. The lowest BCUT2D eigenvalue weighted by molar-refractivity contribution is 0.0731. The van der Waals surface area contributed by atoms with E-state index in [9.17, 15) is 9.59 Å². The highest BCUT2D eigenvalue weighted by Crippen LogP contribution is 2.42.